The summed E-state index contributed by atoms with van der Waals surface area (Å²) >= 11 is 0. The molecule has 1 saturated carbocycles. The lowest BCUT2D eigenvalue weighted by atomic mass is 9.82. The molecule has 22 heavy (non-hydrogen) atoms. The fourth-order valence-corrected chi connectivity index (χ4v) is 3.60. The Bertz CT molecular complexity index is 557. The van der Waals surface area contributed by atoms with Crippen molar-refractivity contribution >= 4 is 34.8 Å². The molecule has 0 radical (unpaired) electrons. The first-order chi connectivity index (χ1) is 9.92. The molecule has 4 nitrogen and oxygen atoms in total. The molecule has 1 unspecified atom stereocenters. The normalized spacial score (nSPS) is 18.1. The molecule has 1 aromatic carbocycles. The maximum atomic E-state index is 12.5. The van der Waals surface area contributed by atoms with E-state index in [1.165, 1.54) is 0 Å². The van der Waals surface area contributed by atoms with Crippen molar-refractivity contribution in [3.8, 4) is 0 Å². The number of hydrogen-bond donors (Lipinski definition) is 2. The fraction of sp³-hybridized carbons (Fsp3) is 0.562. The zero-order chi connectivity index (χ0) is 15.5. The van der Waals surface area contributed by atoms with Crippen molar-refractivity contribution in [3.63, 3.8) is 0 Å². The molecule has 2 rings (SSSR count). The van der Waals surface area contributed by atoms with Gasteiger partial charge in [-0.05, 0) is 37.0 Å². The Morgan fingerprint density at radius 1 is 1.32 bits per heavy atom. The number of amides is 1. The van der Waals surface area contributed by atoms with Gasteiger partial charge >= 0.3 is 0 Å². The summed E-state index contributed by atoms with van der Waals surface area (Å²) in [4.78, 5) is 12.5. The molecule has 6 heteroatoms. The second-order valence-electron chi connectivity index (χ2n) is 5.98. The highest BCUT2D eigenvalue weighted by molar-refractivity contribution is 7.83. The lowest BCUT2D eigenvalue weighted by Gasteiger charge is -2.32. The Balaban J connectivity index is 0.00000242. The molecule has 0 bridgehead atoms. The molecule has 1 atom stereocenters. The minimum absolute atomic E-state index is 0. The summed E-state index contributed by atoms with van der Waals surface area (Å²) in [5.41, 5.74) is 8.27. The molecular formula is C16H25ClN2O2S. The summed E-state index contributed by atoms with van der Waals surface area (Å²) in [6.45, 7) is 1.95. The van der Waals surface area contributed by atoms with Crippen LogP contribution in [0.3, 0.4) is 0 Å². The van der Waals surface area contributed by atoms with Gasteiger partial charge in [0.2, 0.25) is 5.91 Å². The molecule has 1 aliphatic carbocycles. The van der Waals surface area contributed by atoms with E-state index in [0.717, 1.165) is 48.9 Å². The lowest BCUT2D eigenvalue weighted by molar-refractivity contribution is -0.122. The fourth-order valence-electron chi connectivity index (χ4n) is 2.85. The summed E-state index contributed by atoms with van der Waals surface area (Å²) < 4.78 is 11.4. The van der Waals surface area contributed by atoms with Crippen LogP contribution in [-0.2, 0) is 21.3 Å². The van der Waals surface area contributed by atoms with E-state index in [1.807, 2.05) is 25.1 Å². The van der Waals surface area contributed by atoms with Gasteiger partial charge in [-0.15, -0.1) is 12.4 Å². The monoisotopic (exact) mass is 344 g/mol. The highest BCUT2D eigenvalue weighted by Crippen LogP contribution is 2.28. The number of hydrogen-bond acceptors (Lipinski definition) is 3. The van der Waals surface area contributed by atoms with E-state index >= 15 is 0 Å². The maximum Gasteiger partial charge on any atom is 0.244 e. The van der Waals surface area contributed by atoms with Crippen LogP contribution in [0.1, 0.15) is 43.2 Å². The first kappa shape index (κ1) is 19.1. The van der Waals surface area contributed by atoms with E-state index in [1.54, 1.807) is 6.26 Å². The molecule has 0 saturated heterocycles. The van der Waals surface area contributed by atoms with Crippen molar-refractivity contribution in [2.75, 3.05) is 11.6 Å². The molecule has 3 N–H and O–H groups in total. The van der Waals surface area contributed by atoms with Crippen LogP contribution in [0.5, 0.6) is 0 Å². The van der Waals surface area contributed by atoms with Crippen LogP contribution in [0.25, 0.3) is 0 Å². The minimum atomic E-state index is -0.898. The number of benzene rings is 1. The topological polar surface area (TPSA) is 72.2 Å². The molecule has 0 aromatic heterocycles. The predicted octanol–water partition coefficient (Wildman–Crippen LogP) is 2.90. The molecule has 1 amide bonds. The van der Waals surface area contributed by atoms with Crippen LogP contribution < -0.4 is 11.1 Å². The third-order valence-corrected chi connectivity index (χ3v) is 4.97. The molecule has 0 aliphatic heterocycles. The van der Waals surface area contributed by atoms with Crippen molar-refractivity contribution in [2.24, 2.45) is 5.73 Å². The average Bonchev–Trinajstić information content (AvgIpc) is 2.43. The summed E-state index contributed by atoms with van der Waals surface area (Å²) in [5, 5.41) is 2.97. The van der Waals surface area contributed by atoms with Crippen LogP contribution in [0.2, 0.25) is 0 Å². The van der Waals surface area contributed by atoms with Gasteiger partial charge in [0.1, 0.15) is 0 Å². The van der Waals surface area contributed by atoms with Gasteiger partial charge in [-0.3, -0.25) is 9.00 Å². The van der Waals surface area contributed by atoms with Crippen LogP contribution in [0.4, 0.5) is 5.69 Å². The number of rotatable bonds is 4. The van der Waals surface area contributed by atoms with Crippen molar-refractivity contribution in [1.82, 2.24) is 0 Å². The van der Waals surface area contributed by atoms with E-state index in [-0.39, 0.29) is 18.3 Å². The van der Waals surface area contributed by atoms with E-state index in [0.29, 0.717) is 5.75 Å². The summed E-state index contributed by atoms with van der Waals surface area (Å²) in [5.74, 6) is 0.406. The number of halogens is 1. The third kappa shape index (κ3) is 4.54. The Morgan fingerprint density at radius 3 is 2.55 bits per heavy atom. The number of carbonyl (C=O) groups is 1. The highest BCUT2D eigenvalue weighted by Gasteiger charge is 2.35. The van der Waals surface area contributed by atoms with Crippen molar-refractivity contribution < 1.29 is 9.00 Å². The molecule has 124 valence electrons. The SMILES string of the molecule is Cc1c(CS(C)=O)cccc1NC(=O)C1(N)CCCCC1.Cl. The zero-order valence-corrected chi connectivity index (χ0v) is 14.8. The molecule has 1 aromatic rings. The maximum absolute atomic E-state index is 12.5. The lowest BCUT2D eigenvalue weighted by Crippen LogP contribution is -2.52. The van der Waals surface area contributed by atoms with Gasteiger partial charge in [-0.25, -0.2) is 0 Å². The van der Waals surface area contributed by atoms with Crippen molar-refractivity contribution in [2.45, 2.75) is 50.3 Å². The molecule has 0 heterocycles. The third-order valence-electron chi connectivity index (χ3n) is 4.25. The second kappa shape index (κ2) is 8.09. The van der Waals surface area contributed by atoms with E-state index in [2.05, 4.69) is 5.32 Å². The quantitative estimate of drug-likeness (QED) is 0.882. The van der Waals surface area contributed by atoms with Gasteiger partial charge in [-0.1, -0.05) is 31.4 Å². The van der Waals surface area contributed by atoms with Gasteiger partial charge < -0.3 is 11.1 Å². The number of nitrogens with two attached hydrogens (primary N) is 1. The van der Waals surface area contributed by atoms with E-state index in [4.69, 9.17) is 5.73 Å². The molecule has 1 aliphatic rings. The van der Waals surface area contributed by atoms with E-state index in [9.17, 15) is 9.00 Å². The van der Waals surface area contributed by atoms with Crippen LogP contribution >= 0.6 is 12.4 Å². The Morgan fingerprint density at radius 2 is 1.95 bits per heavy atom. The molecule has 1 fully saturated rings. The number of nitrogens with one attached hydrogen (secondary N) is 1. The Labute approximate surface area is 141 Å². The molecular weight excluding hydrogens is 320 g/mol. The Kier molecular flexibility index (Phi) is 7.03. The van der Waals surface area contributed by atoms with E-state index < -0.39 is 16.3 Å². The standard InChI is InChI=1S/C16H24N2O2S.ClH/c1-12-13(11-21(2)20)7-6-8-14(12)18-15(19)16(17)9-4-3-5-10-16;/h6-8H,3-5,9-11,17H2,1-2H3,(H,18,19);1H. The highest BCUT2D eigenvalue weighted by atomic mass is 35.5. The smallest absolute Gasteiger partial charge is 0.244 e. The minimum Gasteiger partial charge on any atom is -0.324 e. The number of anilines is 1. The van der Waals surface area contributed by atoms with Gasteiger partial charge in [0.15, 0.2) is 0 Å². The predicted molar refractivity (Wildman–Crippen MR) is 94.8 cm³/mol. The van der Waals surface area contributed by atoms with Crippen LogP contribution in [-0.4, -0.2) is 21.9 Å². The first-order valence-corrected chi connectivity index (χ1v) is 9.14. The Hall–Kier alpha value is -0.910. The van der Waals surface area contributed by atoms with Crippen molar-refractivity contribution in [1.29, 1.82) is 0 Å². The summed E-state index contributed by atoms with van der Waals surface area (Å²) in [6.07, 6.45) is 6.35. The van der Waals surface area contributed by atoms with Gasteiger partial charge in [-0.2, -0.15) is 0 Å². The van der Waals surface area contributed by atoms with Gasteiger partial charge in [0.25, 0.3) is 0 Å². The zero-order valence-electron chi connectivity index (χ0n) is 13.2. The largest absolute Gasteiger partial charge is 0.324 e. The van der Waals surface area contributed by atoms with Gasteiger partial charge in [0, 0.05) is 28.5 Å². The average molecular weight is 345 g/mol. The number of carbonyl (C=O) groups excluding carboxylic acids is 1. The van der Waals surface area contributed by atoms with Crippen LogP contribution in [0, 0.1) is 6.92 Å². The summed E-state index contributed by atoms with van der Waals surface area (Å²) in [7, 11) is -0.898. The first-order valence-electron chi connectivity index (χ1n) is 7.41. The summed E-state index contributed by atoms with van der Waals surface area (Å²) in [6, 6.07) is 5.71. The van der Waals surface area contributed by atoms with Crippen LogP contribution in [0.15, 0.2) is 18.2 Å². The van der Waals surface area contributed by atoms with Crippen molar-refractivity contribution in [3.05, 3.63) is 29.3 Å². The second-order valence-corrected chi connectivity index (χ2v) is 7.41. The molecule has 0 spiro atoms. The van der Waals surface area contributed by atoms with Gasteiger partial charge in [0.05, 0.1) is 5.54 Å².